The minimum Gasteiger partial charge on any atom is -0.493 e. The number of carbonyl (C=O) groups is 1. The molecule has 0 unspecified atom stereocenters. The second kappa shape index (κ2) is 6.80. The number of benzene rings is 1. The smallest absolute Gasteiger partial charge is 0.319 e. The minimum atomic E-state index is -0.254. The standard InChI is InChI=1S/C16H24N2O3/c1-12(2)9-21-14-5-3-4-13(8-14)18-15(20)17-10-16(11-19)6-7-16/h3-5,8,12,19H,6-7,9-11H2,1-2H3,(H2,17,18,20). The Hall–Kier alpha value is -1.75. The summed E-state index contributed by atoms with van der Waals surface area (Å²) in [6, 6.07) is 7.09. The van der Waals surface area contributed by atoms with Crippen molar-refractivity contribution < 1.29 is 14.6 Å². The first kappa shape index (κ1) is 15.6. The lowest BCUT2D eigenvalue weighted by molar-refractivity contribution is 0.206. The van der Waals surface area contributed by atoms with Crippen molar-refractivity contribution in [3.8, 4) is 5.75 Å². The number of aliphatic hydroxyl groups excluding tert-OH is 1. The molecule has 116 valence electrons. The van der Waals surface area contributed by atoms with Crippen molar-refractivity contribution in [3.63, 3.8) is 0 Å². The molecule has 5 heteroatoms. The second-order valence-corrected chi connectivity index (χ2v) is 6.20. The van der Waals surface area contributed by atoms with Crippen LogP contribution in [-0.2, 0) is 0 Å². The van der Waals surface area contributed by atoms with E-state index in [-0.39, 0.29) is 18.1 Å². The highest BCUT2D eigenvalue weighted by atomic mass is 16.5. The van der Waals surface area contributed by atoms with Crippen LogP contribution in [-0.4, -0.2) is 30.9 Å². The summed E-state index contributed by atoms with van der Waals surface area (Å²) < 4.78 is 5.63. The molecule has 0 heterocycles. The van der Waals surface area contributed by atoms with Crippen molar-refractivity contribution >= 4 is 11.7 Å². The lowest BCUT2D eigenvalue weighted by atomic mass is 10.1. The summed E-state index contributed by atoms with van der Waals surface area (Å²) in [6.45, 7) is 5.47. The Bertz CT molecular complexity index is 484. The number of hydrogen-bond acceptors (Lipinski definition) is 3. The van der Waals surface area contributed by atoms with Crippen LogP contribution in [0.3, 0.4) is 0 Å². The van der Waals surface area contributed by atoms with Gasteiger partial charge in [-0.25, -0.2) is 4.79 Å². The lowest BCUT2D eigenvalue weighted by Gasteiger charge is -2.14. The van der Waals surface area contributed by atoms with Crippen LogP contribution in [0, 0.1) is 11.3 Å². The fourth-order valence-electron chi connectivity index (χ4n) is 1.94. The van der Waals surface area contributed by atoms with Crippen LogP contribution in [0.15, 0.2) is 24.3 Å². The molecule has 0 spiro atoms. The molecular weight excluding hydrogens is 268 g/mol. The third-order valence-electron chi connectivity index (χ3n) is 3.59. The van der Waals surface area contributed by atoms with Gasteiger partial charge in [0.2, 0.25) is 0 Å². The summed E-state index contributed by atoms with van der Waals surface area (Å²) in [5.74, 6) is 1.20. The Labute approximate surface area is 125 Å². The van der Waals surface area contributed by atoms with E-state index < -0.39 is 0 Å². The van der Waals surface area contributed by atoms with Gasteiger partial charge in [-0.15, -0.1) is 0 Å². The van der Waals surface area contributed by atoms with E-state index in [1.807, 2.05) is 18.2 Å². The number of ether oxygens (including phenoxy) is 1. The van der Waals surface area contributed by atoms with Gasteiger partial charge in [0, 0.05) is 23.7 Å². The minimum absolute atomic E-state index is 0.0838. The normalized spacial score (nSPS) is 15.6. The quantitative estimate of drug-likeness (QED) is 0.723. The van der Waals surface area contributed by atoms with E-state index in [1.165, 1.54) is 0 Å². The molecule has 1 aromatic rings. The number of aliphatic hydroxyl groups is 1. The maximum absolute atomic E-state index is 11.8. The first-order chi connectivity index (χ1) is 10.0. The summed E-state index contributed by atoms with van der Waals surface area (Å²) in [7, 11) is 0. The highest BCUT2D eigenvalue weighted by molar-refractivity contribution is 5.89. The molecule has 5 nitrogen and oxygen atoms in total. The topological polar surface area (TPSA) is 70.6 Å². The van der Waals surface area contributed by atoms with Gasteiger partial charge in [0.1, 0.15) is 5.75 Å². The van der Waals surface area contributed by atoms with E-state index in [9.17, 15) is 9.90 Å². The Morgan fingerprint density at radius 3 is 2.81 bits per heavy atom. The van der Waals surface area contributed by atoms with Gasteiger partial charge in [0.25, 0.3) is 0 Å². The molecule has 0 bridgehead atoms. The highest BCUT2D eigenvalue weighted by Gasteiger charge is 2.42. The maximum Gasteiger partial charge on any atom is 0.319 e. The monoisotopic (exact) mass is 292 g/mol. The van der Waals surface area contributed by atoms with Crippen LogP contribution >= 0.6 is 0 Å². The van der Waals surface area contributed by atoms with E-state index in [0.29, 0.717) is 24.8 Å². The molecule has 1 aliphatic carbocycles. The van der Waals surface area contributed by atoms with Crippen molar-refractivity contribution in [3.05, 3.63) is 24.3 Å². The molecule has 1 aliphatic rings. The summed E-state index contributed by atoms with van der Waals surface area (Å²) in [6.07, 6.45) is 1.95. The number of urea groups is 1. The molecule has 0 radical (unpaired) electrons. The van der Waals surface area contributed by atoms with Crippen LogP contribution in [0.1, 0.15) is 26.7 Å². The van der Waals surface area contributed by atoms with E-state index >= 15 is 0 Å². The maximum atomic E-state index is 11.8. The zero-order chi connectivity index (χ0) is 15.3. The Morgan fingerprint density at radius 1 is 1.43 bits per heavy atom. The molecule has 2 rings (SSSR count). The van der Waals surface area contributed by atoms with Crippen molar-refractivity contribution in [1.29, 1.82) is 0 Å². The average Bonchev–Trinajstić information content (AvgIpc) is 3.24. The summed E-state index contributed by atoms with van der Waals surface area (Å²) in [5, 5.41) is 14.8. The Balaban J connectivity index is 1.81. The van der Waals surface area contributed by atoms with Gasteiger partial charge in [0.05, 0.1) is 13.2 Å². The van der Waals surface area contributed by atoms with Gasteiger partial charge >= 0.3 is 6.03 Å². The largest absolute Gasteiger partial charge is 0.493 e. The van der Waals surface area contributed by atoms with Gasteiger partial charge in [-0.2, -0.15) is 0 Å². The molecular formula is C16H24N2O3. The predicted molar refractivity (Wildman–Crippen MR) is 82.5 cm³/mol. The summed E-state index contributed by atoms with van der Waals surface area (Å²) in [4.78, 5) is 11.8. The van der Waals surface area contributed by atoms with Gasteiger partial charge < -0.3 is 20.5 Å². The van der Waals surface area contributed by atoms with Crippen LogP contribution < -0.4 is 15.4 Å². The van der Waals surface area contributed by atoms with Crippen LogP contribution in [0.2, 0.25) is 0 Å². The third kappa shape index (κ3) is 4.93. The van der Waals surface area contributed by atoms with Gasteiger partial charge in [-0.05, 0) is 30.9 Å². The average molecular weight is 292 g/mol. The number of rotatable bonds is 7. The third-order valence-corrected chi connectivity index (χ3v) is 3.59. The van der Waals surface area contributed by atoms with Crippen molar-refractivity contribution in [2.24, 2.45) is 11.3 Å². The zero-order valence-corrected chi connectivity index (χ0v) is 12.7. The Morgan fingerprint density at radius 2 is 2.19 bits per heavy atom. The molecule has 1 saturated carbocycles. The summed E-state index contributed by atoms with van der Waals surface area (Å²) >= 11 is 0. The molecule has 0 saturated heterocycles. The Kier molecular flexibility index (Phi) is 5.07. The van der Waals surface area contributed by atoms with Crippen LogP contribution in [0.5, 0.6) is 5.75 Å². The molecule has 0 aliphatic heterocycles. The lowest BCUT2D eigenvalue weighted by Crippen LogP contribution is -2.35. The fourth-order valence-corrected chi connectivity index (χ4v) is 1.94. The van der Waals surface area contributed by atoms with E-state index in [2.05, 4.69) is 24.5 Å². The first-order valence-corrected chi connectivity index (χ1v) is 7.42. The number of nitrogens with one attached hydrogen (secondary N) is 2. The molecule has 0 aromatic heterocycles. The van der Waals surface area contributed by atoms with Gasteiger partial charge in [0.15, 0.2) is 0 Å². The van der Waals surface area contributed by atoms with Crippen LogP contribution in [0.4, 0.5) is 10.5 Å². The molecule has 0 atom stereocenters. The number of anilines is 1. The van der Waals surface area contributed by atoms with Crippen molar-refractivity contribution in [2.45, 2.75) is 26.7 Å². The van der Waals surface area contributed by atoms with E-state index in [4.69, 9.17) is 4.74 Å². The van der Waals surface area contributed by atoms with Crippen molar-refractivity contribution in [1.82, 2.24) is 5.32 Å². The van der Waals surface area contributed by atoms with Gasteiger partial charge in [-0.3, -0.25) is 0 Å². The first-order valence-electron chi connectivity index (χ1n) is 7.42. The molecule has 1 aromatic carbocycles. The molecule has 1 fully saturated rings. The number of amides is 2. The number of carbonyl (C=O) groups excluding carboxylic acids is 1. The number of hydrogen-bond donors (Lipinski definition) is 3. The zero-order valence-electron chi connectivity index (χ0n) is 12.7. The predicted octanol–water partition coefficient (Wildman–Crippen LogP) is 2.62. The SMILES string of the molecule is CC(C)COc1cccc(NC(=O)NCC2(CO)CC2)c1. The molecule has 21 heavy (non-hydrogen) atoms. The molecule has 3 N–H and O–H groups in total. The van der Waals surface area contributed by atoms with Crippen molar-refractivity contribution in [2.75, 3.05) is 25.1 Å². The van der Waals surface area contributed by atoms with E-state index in [0.717, 1.165) is 18.6 Å². The highest BCUT2D eigenvalue weighted by Crippen LogP contribution is 2.44. The second-order valence-electron chi connectivity index (χ2n) is 6.20. The van der Waals surface area contributed by atoms with Gasteiger partial charge in [-0.1, -0.05) is 19.9 Å². The molecule has 2 amide bonds. The fraction of sp³-hybridized carbons (Fsp3) is 0.562. The van der Waals surface area contributed by atoms with E-state index in [1.54, 1.807) is 6.07 Å². The summed E-state index contributed by atoms with van der Waals surface area (Å²) in [5.41, 5.74) is 0.613. The van der Waals surface area contributed by atoms with Crippen LogP contribution in [0.25, 0.3) is 0 Å².